The van der Waals surface area contributed by atoms with Gasteiger partial charge < -0.3 is 5.11 Å². The summed E-state index contributed by atoms with van der Waals surface area (Å²) in [5.41, 5.74) is 2.04. The van der Waals surface area contributed by atoms with Crippen molar-refractivity contribution in [2.24, 2.45) is 0 Å². The minimum atomic E-state index is -0.380. The fraction of sp³-hybridized carbons (Fsp3) is 0.533. The van der Waals surface area contributed by atoms with Crippen LogP contribution in [0.15, 0.2) is 24.3 Å². The first-order chi connectivity index (χ1) is 8.54. The molecule has 0 heterocycles. The van der Waals surface area contributed by atoms with E-state index in [-0.39, 0.29) is 17.1 Å². The van der Waals surface area contributed by atoms with E-state index in [4.69, 9.17) is 0 Å². The van der Waals surface area contributed by atoms with Gasteiger partial charge in [-0.2, -0.15) is 0 Å². The molecule has 1 aromatic carbocycles. The van der Waals surface area contributed by atoms with Crippen LogP contribution in [0.25, 0.3) is 0 Å². The number of ketones is 1. The second kappa shape index (κ2) is 7.59. The molecule has 0 aromatic heterocycles. The SMILES string of the molecule is CCCc1ccc(C(=O)CSC(C)C(C)O)cc1. The first kappa shape index (κ1) is 15.3. The van der Waals surface area contributed by atoms with Gasteiger partial charge in [0.15, 0.2) is 5.78 Å². The molecular formula is C15H22O2S. The number of rotatable bonds is 7. The van der Waals surface area contributed by atoms with Gasteiger partial charge in [0.25, 0.3) is 0 Å². The highest BCUT2D eigenvalue weighted by atomic mass is 32.2. The molecule has 0 saturated heterocycles. The van der Waals surface area contributed by atoms with Gasteiger partial charge in [0.2, 0.25) is 0 Å². The lowest BCUT2D eigenvalue weighted by Crippen LogP contribution is -2.17. The Kier molecular flexibility index (Phi) is 6.44. The molecule has 0 aliphatic carbocycles. The maximum atomic E-state index is 11.9. The van der Waals surface area contributed by atoms with E-state index in [2.05, 4.69) is 6.92 Å². The maximum absolute atomic E-state index is 11.9. The highest BCUT2D eigenvalue weighted by Gasteiger charge is 2.12. The number of aliphatic hydroxyl groups excluding tert-OH is 1. The zero-order valence-electron chi connectivity index (χ0n) is 11.3. The first-order valence-corrected chi connectivity index (χ1v) is 7.51. The third kappa shape index (κ3) is 4.83. The highest BCUT2D eigenvalue weighted by molar-refractivity contribution is 8.00. The summed E-state index contributed by atoms with van der Waals surface area (Å²) >= 11 is 1.50. The minimum absolute atomic E-state index is 0.0910. The zero-order valence-corrected chi connectivity index (χ0v) is 12.2. The molecule has 2 nitrogen and oxygen atoms in total. The lowest BCUT2D eigenvalue weighted by molar-refractivity contribution is 0.102. The molecule has 0 saturated carbocycles. The normalized spacial score (nSPS) is 14.2. The van der Waals surface area contributed by atoms with E-state index in [1.807, 2.05) is 31.2 Å². The van der Waals surface area contributed by atoms with Crippen LogP contribution in [0.4, 0.5) is 0 Å². The summed E-state index contributed by atoms with van der Waals surface area (Å²) < 4.78 is 0. The molecule has 0 amide bonds. The van der Waals surface area contributed by atoms with Crippen molar-refractivity contribution in [2.45, 2.75) is 45.0 Å². The lowest BCUT2D eigenvalue weighted by atomic mass is 10.1. The van der Waals surface area contributed by atoms with Gasteiger partial charge in [-0.1, -0.05) is 44.5 Å². The molecule has 2 unspecified atom stereocenters. The third-order valence-electron chi connectivity index (χ3n) is 2.97. The number of benzene rings is 1. The summed E-state index contributed by atoms with van der Waals surface area (Å²) in [5.74, 6) is 0.565. The van der Waals surface area contributed by atoms with Gasteiger partial charge in [0.05, 0.1) is 11.9 Å². The summed E-state index contributed by atoms with van der Waals surface area (Å²) in [4.78, 5) is 11.9. The predicted octanol–water partition coefficient (Wildman–Crippen LogP) is 3.32. The molecule has 0 bridgehead atoms. The number of thioether (sulfide) groups is 1. The molecule has 2 atom stereocenters. The van der Waals surface area contributed by atoms with Crippen molar-refractivity contribution in [1.82, 2.24) is 0 Å². The van der Waals surface area contributed by atoms with E-state index in [1.165, 1.54) is 17.3 Å². The quantitative estimate of drug-likeness (QED) is 0.769. The van der Waals surface area contributed by atoms with Gasteiger partial charge in [0, 0.05) is 10.8 Å². The molecule has 0 spiro atoms. The van der Waals surface area contributed by atoms with Crippen LogP contribution in [-0.4, -0.2) is 28.0 Å². The third-order valence-corrected chi connectivity index (χ3v) is 4.32. The smallest absolute Gasteiger partial charge is 0.172 e. The van der Waals surface area contributed by atoms with Crippen LogP contribution in [0.1, 0.15) is 43.1 Å². The molecular weight excluding hydrogens is 244 g/mol. The zero-order chi connectivity index (χ0) is 13.5. The Morgan fingerprint density at radius 3 is 2.39 bits per heavy atom. The molecule has 1 aromatic rings. The van der Waals surface area contributed by atoms with E-state index < -0.39 is 0 Å². The van der Waals surface area contributed by atoms with E-state index in [9.17, 15) is 9.90 Å². The van der Waals surface area contributed by atoms with Crippen molar-refractivity contribution in [3.8, 4) is 0 Å². The van der Waals surface area contributed by atoms with Crippen LogP contribution in [-0.2, 0) is 6.42 Å². The Balaban J connectivity index is 2.51. The topological polar surface area (TPSA) is 37.3 Å². The largest absolute Gasteiger partial charge is 0.392 e. The van der Waals surface area contributed by atoms with E-state index in [1.54, 1.807) is 6.92 Å². The Morgan fingerprint density at radius 2 is 1.89 bits per heavy atom. The summed E-state index contributed by atoms with van der Waals surface area (Å²) in [6, 6.07) is 7.86. The van der Waals surface area contributed by atoms with E-state index in [0.29, 0.717) is 5.75 Å². The highest BCUT2D eigenvalue weighted by Crippen LogP contribution is 2.16. The van der Waals surface area contributed by atoms with Gasteiger partial charge in [-0.25, -0.2) is 0 Å². The average molecular weight is 266 g/mol. The molecule has 0 fully saturated rings. The van der Waals surface area contributed by atoms with Crippen LogP contribution < -0.4 is 0 Å². The maximum Gasteiger partial charge on any atom is 0.172 e. The van der Waals surface area contributed by atoms with E-state index >= 15 is 0 Å². The summed E-state index contributed by atoms with van der Waals surface area (Å²) in [5, 5.41) is 9.46. The molecule has 0 aliphatic heterocycles. The lowest BCUT2D eigenvalue weighted by Gasteiger charge is -2.13. The van der Waals surface area contributed by atoms with Crippen LogP contribution in [0.2, 0.25) is 0 Å². The van der Waals surface area contributed by atoms with Crippen LogP contribution in [0.5, 0.6) is 0 Å². The summed E-state index contributed by atoms with van der Waals surface area (Å²) in [6.45, 7) is 5.84. The number of carbonyl (C=O) groups is 1. The van der Waals surface area contributed by atoms with Crippen molar-refractivity contribution >= 4 is 17.5 Å². The number of aliphatic hydroxyl groups is 1. The predicted molar refractivity (Wildman–Crippen MR) is 78.4 cm³/mol. The van der Waals surface area contributed by atoms with Crippen LogP contribution in [0, 0.1) is 0 Å². The molecule has 3 heteroatoms. The monoisotopic (exact) mass is 266 g/mol. The van der Waals surface area contributed by atoms with Crippen LogP contribution >= 0.6 is 11.8 Å². The van der Waals surface area contributed by atoms with Crippen molar-refractivity contribution in [2.75, 3.05) is 5.75 Å². The minimum Gasteiger partial charge on any atom is -0.392 e. The number of hydrogen-bond donors (Lipinski definition) is 1. The van der Waals surface area contributed by atoms with Crippen molar-refractivity contribution in [1.29, 1.82) is 0 Å². The van der Waals surface area contributed by atoms with Gasteiger partial charge in [-0.3, -0.25) is 4.79 Å². The number of carbonyl (C=O) groups excluding carboxylic acids is 1. The van der Waals surface area contributed by atoms with Crippen molar-refractivity contribution in [3.63, 3.8) is 0 Å². The van der Waals surface area contributed by atoms with E-state index in [0.717, 1.165) is 18.4 Å². The Bertz CT molecular complexity index is 371. The second-order valence-electron chi connectivity index (χ2n) is 4.63. The molecule has 0 radical (unpaired) electrons. The van der Waals surface area contributed by atoms with Crippen molar-refractivity contribution in [3.05, 3.63) is 35.4 Å². The number of Topliss-reactive ketones (excluding diaryl/α,β-unsaturated/α-hetero) is 1. The Morgan fingerprint density at radius 1 is 1.28 bits per heavy atom. The molecule has 1 N–H and O–H groups in total. The molecule has 100 valence electrons. The van der Waals surface area contributed by atoms with Crippen LogP contribution in [0.3, 0.4) is 0 Å². The van der Waals surface area contributed by atoms with Gasteiger partial charge in [0.1, 0.15) is 0 Å². The van der Waals surface area contributed by atoms with Gasteiger partial charge in [-0.15, -0.1) is 11.8 Å². The van der Waals surface area contributed by atoms with Gasteiger partial charge in [-0.05, 0) is 18.9 Å². The number of aryl methyl sites for hydroxylation is 1. The average Bonchev–Trinajstić information content (AvgIpc) is 2.36. The summed E-state index contributed by atoms with van der Waals surface area (Å²) in [7, 11) is 0. The first-order valence-electron chi connectivity index (χ1n) is 6.46. The fourth-order valence-corrected chi connectivity index (χ4v) is 2.44. The molecule has 0 aliphatic rings. The second-order valence-corrected chi connectivity index (χ2v) is 5.99. The molecule has 1 rings (SSSR count). The fourth-order valence-electron chi connectivity index (χ4n) is 1.58. The Labute approximate surface area is 114 Å². The standard InChI is InChI=1S/C15H22O2S/c1-4-5-13-6-8-14(9-7-13)15(17)10-18-12(3)11(2)16/h6-9,11-12,16H,4-5,10H2,1-3H3. The molecule has 18 heavy (non-hydrogen) atoms. The summed E-state index contributed by atoms with van der Waals surface area (Å²) in [6.07, 6.45) is 1.80. The van der Waals surface area contributed by atoms with Crippen molar-refractivity contribution < 1.29 is 9.90 Å². The number of hydrogen-bond acceptors (Lipinski definition) is 3. The van der Waals surface area contributed by atoms with Gasteiger partial charge >= 0.3 is 0 Å². The Hall–Kier alpha value is -0.800.